The van der Waals surface area contributed by atoms with E-state index >= 15 is 0 Å². The molecule has 4 nitrogen and oxygen atoms in total. The van der Waals surface area contributed by atoms with Gasteiger partial charge in [0.15, 0.2) is 0 Å². The zero-order valence-corrected chi connectivity index (χ0v) is 19.0. The Kier molecular flexibility index (Phi) is 8.64. The molecule has 1 unspecified atom stereocenters. The number of hydrogen-bond acceptors (Lipinski definition) is 4. The molecule has 0 heterocycles. The molecule has 4 heteroatoms. The van der Waals surface area contributed by atoms with Gasteiger partial charge in [-0.3, -0.25) is 4.79 Å². The summed E-state index contributed by atoms with van der Waals surface area (Å²) >= 11 is 0. The summed E-state index contributed by atoms with van der Waals surface area (Å²) in [5, 5.41) is 0. The second-order valence-corrected chi connectivity index (χ2v) is 7.89. The Morgan fingerprint density at radius 1 is 0.875 bits per heavy atom. The number of rotatable bonds is 10. The molecule has 0 aliphatic rings. The molecule has 1 atom stereocenters. The molecule has 0 saturated carbocycles. The van der Waals surface area contributed by atoms with Crippen molar-refractivity contribution in [1.82, 2.24) is 4.90 Å². The lowest BCUT2D eigenvalue weighted by molar-refractivity contribution is -0.139. The van der Waals surface area contributed by atoms with E-state index in [4.69, 9.17) is 9.47 Å². The van der Waals surface area contributed by atoms with Crippen molar-refractivity contribution in [3.8, 4) is 5.75 Å². The maximum atomic E-state index is 11.4. The molecule has 0 saturated heterocycles. The maximum absolute atomic E-state index is 11.4. The van der Waals surface area contributed by atoms with Crippen LogP contribution in [0.5, 0.6) is 5.75 Å². The second-order valence-electron chi connectivity index (χ2n) is 7.89. The molecular formula is C28H31NO3. The molecule has 0 aromatic heterocycles. The van der Waals surface area contributed by atoms with Crippen LogP contribution in [0.25, 0.3) is 5.57 Å². The quantitative estimate of drug-likeness (QED) is 0.404. The fourth-order valence-electron chi connectivity index (χ4n) is 3.58. The van der Waals surface area contributed by atoms with Crippen molar-refractivity contribution in [3.63, 3.8) is 0 Å². The van der Waals surface area contributed by atoms with Crippen molar-refractivity contribution in [2.45, 2.75) is 12.8 Å². The summed E-state index contributed by atoms with van der Waals surface area (Å²) in [7, 11) is 4.06. The van der Waals surface area contributed by atoms with Gasteiger partial charge in [-0.1, -0.05) is 72.8 Å². The zero-order valence-electron chi connectivity index (χ0n) is 19.0. The Bertz CT molecular complexity index is 996. The van der Waals surface area contributed by atoms with Crippen LogP contribution in [0.3, 0.4) is 0 Å². The molecule has 3 rings (SSSR count). The van der Waals surface area contributed by atoms with Gasteiger partial charge in [0, 0.05) is 19.4 Å². The molecule has 0 spiro atoms. The normalized spacial score (nSPS) is 12.4. The third-order valence-electron chi connectivity index (χ3n) is 5.16. The molecule has 0 aliphatic carbocycles. The van der Waals surface area contributed by atoms with Gasteiger partial charge in [0.2, 0.25) is 0 Å². The van der Waals surface area contributed by atoms with Crippen LogP contribution in [0.1, 0.15) is 29.5 Å². The van der Waals surface area contributed by atoms with Crippen LogP contribution in [0.4, 0.5) is 0 Å². The predicted octanol–water partition coefficient (Wildman–Crippen LogP) is 5.41. The fraction of sp³-hybridized carbons (Fsp3) is 0.250. The molecule has 0 bridgehead atoms. The number of allylic oxidation sites excluding steroid dienone is 1. The number of benzene rings is 3. The summed E-state index contributed by atoms with van der Waals surface area (Å²) < 4.78 is 11.1. The molecule has 3 aromatic carbocycles. The summed E-state index contributed by atoms with van der Waals surface area (Å²) in [4.78, 5) is 13.5. The molecule has 32 heavy (non-hydrogen) atoms. The maximum Gasteiger partial charge on any atom is 0.302 e. The van der Waals surface area contributed by atoms with E-state index < -0.39 is 0 Å². The number of hydrogen-bond donors (Lipinski definition) is 0. The molecule has 3 aromatic rings. The number of esters is 1. The van der Waals surface area contributed by atoms with Gasteiger partial charge in [-0.15, -0.1) is 0 Å². The summed E-state index contributed by atoms with van der Waals surface area (Å²) in [6.07, 6.45) is 2.01. The lowest BCUT2D eigenvalue weighted by Gasteiger charge is -2.23. The first-order valence-corrected chi connectivity index (χ1v) is 10.9. The van der Waals surface area contributed by atoms with E-state index in [0.717, 1.165) is 29.0 Å². The van der Waals surface area contributed by atoms with E-state index in [9.17, 15) is 4.79 Å². The minimum Gasteiger partial charge on any atom is -0.492 e. The van der Waals surface area contributed by atoms with Crippen molar-refractivity contribution >= 4 is 11.5 Å². The van der Waals surface area contributed by atoms with Gasteiger partial charge in [-0.25, -0.2) is 0 Å². The first kappa shape index (κ1) is 23.3. The van der Waals surface area contributed by atoms with Crippen molar-refractivity contribution in [2.24, 2.45) is 0 Å². The number of nitrogens with zero attached hydrogens (tertiary/aromatic N) is 1. The average molecular weight is 430 g/mol. The lowest BCUT2D eigenvalue weighted by Crippen LogP contribution is -2.19. The van der Waals surface area contributed by atoms with Crippen LogP contribution in [-0.4, -0.2) is 44.7 Å². The molecule has 0 amide bonds. The highest BCUT2D eigenvalue weighted by atomic mass is 16.5. The molecule has 0 N–H and O–H groups in total. The summed E-state index contributed by atoms with van der Waals surface area (Å²) in [6.45, 7) is 3.17. The summed E-state index contributed by atoms with van der Waals surface area (Å²) in [5.41, 5.74) is 4.51. The van der Waals surface area contributed by atoms with Crippen LogP contribution in [0.15, 0.2) is 91.0 Å². The largest absolute Gasteiger partial charge is 0.492 e. The number of likely N-dealkylation sites (N-methyl/N-ethyl adjacent to an activating group) is 1. The standard InChI is InChI=1S/C28H31NO3/c1-22(30)31-20-18-27(23-10-6-4-7-11-23)28(24-12-8-5-9-13-24)25-14-16-26(17-15-25)32-21-19-29(2)3/h4-18,28H,19-21H2,1-3H3. The van der Waals surface area contributed by atoms with Gasteiger partial charge < -0.3 is 14.4 Å². The van der Waals surface area contributed by atoms with Gasteiger partial charge in [0.05, 0.1) is 0 Å². The van der Waals surface area contributed by atoms with E-state index in [2.05, 4.69) is 53.4 Å². The Balaban J connectivity index is 1.98. The van der Waals surface area contributed by atoms with Crippen molar-refractivity contribution in [2.75, 3.05) is 33.9 Å². The van der Waals surface area contributed by atoms with E-state index in [0.29, 0.717) is 6.61 Å². The predicted molar refractivity (Wildman–Crippen MR) is 130 cm³/mol. The Hall–Kier alpha value is -3.37. The smallest absolute Gasteiger partial charge is 0.302 e. The topological polar surface area (TPSA) is 38.8 Å². The van der Waals surface area contributed by atoms with Gasteiger partial charge in [-0.2, -0.15) is 0 Å². The van der Waals surface area contributed by atoms with Gasteiger partial charge in [0.1, 0.15) is 19.0 Å². The fourth-order valence-corrected chi connectivity index (χ4v) is 3.58. The van der Waals surface area contributed by atoms with E-state index in [1.54, 1.807) is 0 Å². The number of carbonyl (C=O) groups is 1. The first-order chi connectivity index (χ1) is 15.5. The average Bonchev–Trinajstić information content (AvgIpc) is 2.80. The Labute approximate surface area is 191 Å². The highest BCUT2D eigenvalue weighted by Crippen LogP contribution is 2.38. The minimum atomic E-state index is -0.288. The van der Waals surface area contributed by atoms with Crippen LogP contribution in [-0.2, 0) is 9.53 Å². The zero-order chi connectivity index (χ0) is 22.8. The molecule has 0 aliphatic heterocycles. The van der Waals surface area contributed by atoms with Crippen LogP contribution in [0, 0.1) is 0 Å². The molecule has 0 fully saturated rings. The number of carbonyl (C=O) groups excluding carboxylic acids is 1. The van der Waals surface area contributed by atoms with E-state index in [1.165, 1.54) is 12.5 Å². The van der Waals surface area contributed by atoms with Crippen molar-refractivity contribution in [1.29, 1.82) is 0 Å². The number of ether oxygens (including phenoxy) is 2. The highest BCUT2D eigenvalue weighted by molar-refractivity contribution is 5.75. The molecular weight excluding hydrogens is 398 g/mol. The van der Waals surface area contributed by atoms with Gasteiger partial charge in [0.25, 0.3) is 0 Å². The monoisotopic (exact) mass is 429 g/mol. The second kappa shape index (κ2) is 11.9. The summed E-state index contributed by atoms with van der Waals surface area (Å²) in [6, 6.07) is 28.9. The Morgan fingerprint density at radius 3 is 2.06 bits per heavy atom. The van der Waals surface area contributed by atoms with Gasteiger partial charge in [-0.05, 0) is 54.6 Å². The molecule has 166 valence electrons. The Morgan fingerprint density at radius 2 is 1.47 bits per heavy atom. The van der Waals surface area contributed by atoms with Crippen molar-refractivity contribution < 1.29 is 14.3 Å². The highest BCUT2D eigenvalue weighted by Gasteiger charge is 2.20. The minimum absolute atomic E-state index is 0.00927. The van der Waals surface area contributed by atoms with E-state index in [1.807, 2.05) is 56.6 Å². The van der Waals surface area contributed by atoms with Crippen LogP contribution in [0.2, 0.25) is 0 Å². The SMILES string of the molecule is CC(=O)OCC=C(c1ccccc1)C(c1ccccc1)c1ccc(OCCN(C)C)cc1. The third kappa shape index (κ3) is 6.82. The van der Waals surface area contributed by atoms with Crippen LogP contribution >= 0.6 is 0 Å². The van der Waals surface area contributed by atoms with Crippen molar-refractivity contribution in [3.05, 3.63) is 108 Å². The summed E-state index contributed by atoms with van der Waals surface area (Å²) in [5.74, 6) is 0.557. The lowest BCUT2D eigenvalue weighted by atomic mass is 9.81. The molecule has 0 radical (unpaired) electrons. The van der Waals surface area contributed by atoms with Crippen LogP contribution < -0.4 is 4.74 Å². The van der Waals surface area contributed by atoms with Gasteiger partial charge >= 0.3 is 5.97 Å². The third-order valence-corrected chi connectivity index (χ3v) is 5.16. The first-order valence-electron chi connectivity index (χ1n) is 10.9. The van der Waals surface area contributed by atoms with E-state index in [-0.39, 0.29) is 18.5 Å².